The van der Waals surface area contributed by atoms with Crippen LogP contribution in [0.3, 0.4) is 0 Å². The van der Waals surface area contributed by atoms with Crippen molar-refractivity contribution in [3.63, 3.8) is 0 Å². The minimum Gasteiger partial charge on any atom is -0.478 e. The number of ether oxygens (including phenoxy) is 1. The van der Waals surface area contributed by atoms with Crippen molar-refractivity contribution < 1.29 is 24.2 Å². The Morgan fingerprint density at radius 1 is 1.12 bits per heavy atom. The zero-order valence-corrected chi connectivity index (χ0v) is 19.0. The average molecular weight is 485 g/mol. The number of aliphatic carboxylic acids is 1. The van der Waals surface area contributed by atoms with Gasteiger partial charge in [-0.15, -0.1) is 11.8 Å². The zero-order chi connectivity index (χ0) is 23.4. The second-order valence-electron chi connectivity index (χ2n) is 7.61. The Balaban J connectivity index is 1.47. The number of Topliss-reactive ketones (excluding diaryl/α,β-unsaturated/α-hetero) is 1. The van der Waals surface area contributed by atoms with Gasteiger partial charge in [0.25, 0.3) is 0 Å². The van der Waals surface area contributed by atoms with Crippen molar-refractivity contribution in [3.8, 4) is 0 Å². The number of alkyl carbamates (subject to hydrolysis) is 1. The Morgan fingerprint density at radius 3 is 2.55 bits per heavy atom. The molecule has 33 heavy (non-hydrogen) atoms. The largest absolute Gasteiger partial charge is 0.478 e. The Labute approximate surface area is 200 Å². The number of thioether (sulfide) groups is 1. The van der Waals surface area contributed by atoms with E-state index in [4.69, 9.17) is 16.3 Å². The second kappa shape index (κ2) is 10.1. The molecule has 0 saturated carbocycles. The highest BCUT2D eigenvalue weighted by Crippen LogP contribution is 2.36. The first-order valence-corrected chi connectivity index (χ1v) is 11.6. The summed E-state index contributed by atoms with van der Waals surface area (Å²) >= 11 is 7.32. The number of amides is 1. The van der Waals surface area contributed by atoms with Gasteiger partial charge in [0.1, 0.15) is 18.7 Å². The molecule has 2 aliphatic heterocycles. The summed E-state index contributed by atoms with van der Waals surface area (Å²) in [5.41, 5.74) is 1.82. The molecule has 7 nitrogen and oxygen atoms in total. The smallest absolute Gasteiger partial charge is 0.408 e. The first-order valence-electron chi connectivity index (χ1n) is 10.2. The standard InChI is InChI=1S/C24H21ClN2O5S/c25-18-8-6-15(7-9-18)11-27-12-17(23(29)30)10-20-21(27)22(28)19(14-33-20)26-24(31)32-13-16-4-2-1-3-5-16/h1-10,12,19,21H,11,13-14H2,(H,26,31)(H,29,30)/t19-,21?/m0/s1. The maximum Gasteiger partial charge on any atom is 0.408 e. The van der Waals surface area contributed by atoms with Crippen LogP contribution in [0.15, 0.2) is 77.4 Å². The van der Waals surface area contributed by atoms with Crippen LogP contribution >= 0.6 is 23.4 Å². The number of benzene rings is 2. The van der Waals surface area contributed by atoms with Crippen LogP contribution in [0.1, 0.15) is 11.1 Å². The first kappa shape index (κ1) is 22.9. The highest BCUT2D eigenvalue weighted by molar-refractivity contribution is 8.03. The normalized spacial score (nSPS) is 19.8. The summed E-state index contributed by atoms with van der Waals surface area (Å²) in [6.45, 7) is 0.413. The Kier molecular flexibility index (Phi) is 7.05. The Bertz CT molecular complexity index is 1120. The lowest BCUT2D eigenvalue weighted by Crippen LogP contribution is -2.55. The summed E-state index contributed by atoms with van der Waals surface area (Å²) in [7, 11) is 0. The molecule has 2 N–H and O–H groups in total. The van der Waals surface area contributed by atoms with Gasteiger partial charge in [0.05, 0.1) is 5.57 Å². The lowest BCUT2D eigenvalue weighted by Gasteiger charge is -2.39. The van der Waals surface area contributed by atoms with E-state index in [0.29, 0.717) is 22.2 Å². The molecular formula is C24H21ClN2O5S. The van der Waals surface area contributed by atoms with Crippen LogP contribution in [-0.4, -0.2) is 45.7 Å². The number of hydrogen-bond acceptors (Lipinski definition) is 6. The van der Waals surface area contributed by atoms with Gasteiger partial charge in [-0.1, -0.05) is 54.1 Å². The number of nitrogens with zero attached hydrogens (tertiary/aromatic N) is 1. The van der Waals surface area contributed by atoms with E-state index >= 15 is 0 Å². The van der Waals surface area contributed by atoms with Gasteiger partial charge in [0, 0.05) is 28.4 Å². The SMILES string of the molecule is O=C(N[C@H]1CSC2=CC(C(=O)O)=CN(Cc3ccc(Cl)cc3)C2C1=O)OCc1ccccc1. The predicted molar refractivity (Wildman–Crippen MR) is 126 cm³/mol. The number of fused-ring (bicyclic) bond motifs is 1. The number of hydrogen-bond donors (Lipinski definition) is 2. The number of carboxylic acid groups (broad SMARTS) is 1. The number of carbonyl (C=O) groups excluding carboxylic acids is 2. The molecule has 0 spiro atoms. The second-order valence-corrected chi connectivity index (χ2v) is 9.14. The van der Waals surface area contributed by atoms with Crippen molar-refractivity contribution >= 4 is 41.2 Å². The number of nitrogens with one attached hydrogen (secondary N) is 1. The van der Waals surface area contributed by atoms with E-state index < -0.39 is 24.1 Å². The summed E-state index contributed by atoms with van der Waals surface area (Å²) in [6.07, 6.45) is 2.32. The van der Waals surface area contributed by atoms with Crippen molar-refractivity contribution in [1.29, 1.82) is 0 Å². The van der Waals surface area contributed by atoms with Crippen molar-refractivity contribution in [3.05, 3.63) is 93.5 Å². The van der Waals surface area contributed by atoms with Crippen LogP contribution in [0.25, 0.3) is 0 Å². The molecule has 1 unspecified atom stereocenters. The van der Waals surface area contributed by atoms with Crippen LogP contribution in [0, 0.1) is 0 Å². The lowest BCUT2D eigenvalue weighted by molar-refractivity contribution is -0.132. The van der Waals surface area contributed by atoms with E-state index in [0.717, 1.165) is 11.1 Å². The minimum atomic E-state index is -1.07. The van der Waals surface area contributed by atoms with Crippen molar-refractivity contribution in [2.75, 3.05) is 5.75 Å². The molecular weight excluding hydrogens is 464 g/mol. The molecule has 1 fully saturated rings. The van der Waals surface area contributed by atoms with Crippen LogP contribution < -0.4 is 5.32 Å². The van der Waals surface area contributed by atoms with E-state index in [1.165, 1.54) is 24.0 Å². The average Bonchev–Trinajstić information content (AvgIpc) is 2.81. The monoisotopic (exact) mass is 484 g/mol. The fourth-order valence-electron chi connectivity index (χ4n) is 3.64. The number of carboxylic acids is 1. The topological polar surface area (TPSA) is 95.9 Å². The summed E-state index contributed by atoms with van der Waals surface area (Å²) in [5, 5.41) is 12.8. The molecule has 0 aliphatic carbocycles. The quantitative estimate of drug-likeness (QED) is 0.640. The van der Waals surface area contributed by atoms with Gasteiger partial charge in [-0.3, -0.25) is 4.79 Å². The van der Waals surface area contributed by atoms with Crippen LogP contribution in [-0.2, 0) is 27.5 Å². The van der Waals surface area contributed by atoms with Crippen molar-refractivity contribution in [1.82, 2.24) is 10.2 Å². The first-order chi connectivity index (χ1) is 15.9. The molecule has 9 heteroatoms. The predicted octanol–water partition coefficient (Wildman–Crippen LogP) is 3.99. The third kappa shape index (κ3) is 5.58. The molecule has 4 rings (SSSR count). The summed E-state index contributed by atoms with van der Waals surface area (Å²) in [6, 6.07) is 14.9. The van der Waals surface area contributed by atoms with E-state index in [-0.39, 0.29) is 18.0 Å². The van der Waals surface area contributed by atoms with Gasteiger partial charge in [-0.2, -0.15) is 0 Å². The van der Waals surface area contributed by atoms with Gasteiger partial charge in [-0.25, -0.2) is 9.59 Å². The Morgan fingerprint density at radius 2 is 1.85 bits per heavy atom. The summed E-state index contributed by atoms with van der Waals surface area (Å²) in [5.74, 6) is -0.991. The van der Waals surface area contributed by atoms with E-state index in [9.17, 15) is 19.5 Å². The van der Waals surface area contributed by atoms with Gasteiger partial charge in [-0.05, 0) is 29.3 Å². The van der Waals surface area contributed by atoms with E-state index in [1.807, 2.05) is 42.5 Å². The number of halogens is 1. The highest BCUT2D eigenvalue weighted by atomic mass is 35.5. The fraction of sp³-hybridized carbons (Fsp3) is 0.208. The number of rotatable bonds is 6. The van der Waals surface area contributed by atoms with Crippen molar-refractivity contribution in [2.24, 2.45) is 0 Å². The van der Waals surface area contributed by atoms with E-state index in [2.05, 4.69) is 5.32 Å². The molecule has 1 amide bonds. The molecule has 1 saturated heterocycles. The molecule has 0 bridgehead atoms. The van der Waals surface area contributed by atoms with Crippen LogP contribution in [0.5, 0.6) is 0 Å². The van der Waals surface area contributed by atoms with Gasteiger partial charge < -0.3 is 20.1 Å². The lowest BCUT2D eigenvalue weighted by atomic mass is 9.98. The molecule has 2 aliphatic rings. The molecule has 2 aromatic carbocycles. The molecule has 0 aromatic heterocycles. The maximum absolute atomic E-state index is 13.3. The molecule has 2 aromatic rings. The van der Waals surface area contributed by atoms with Gasteiger partial charge in [0.2, 0.25) is 0 Å². The number of ketones is 1. The molecule has 2 atom stereocenters. The molecule has 0 radical (unpaired) electrons. The zero-order valence-electron chi connectivity index (χ0n) is 17.4. The number of carbonyl (C=O) groups is 3. The summed E-state index contributed by atoms with van der Waals surface area (Å²) < 4.78 is 5.26. The van der Waals surface area contributed by atoms with Crippen LogP contribution in [0.2, 0.25) is 5.02 Å². The molecule has 2 heterocycles. The Hall–Kier alpha value is -3.23. The fourth-order valence-corrected chi connectivity index (χ4v) is 4.99. The van der Waals surface area contributed by atoms with Crippen LogP contribution in [0.4, 0.5) is 4.79 Å². The van der Waals surface area contributed by atoms with Gasteiger partial charge >= 0.3 is 12.1 Å². The highest BCUT2D eigenvalue weighted by Gasteiger charge is 2.41. The summed E-state index contributed by atoms with van der Waals surface area (Å²) in [4.78, 5) is 39.6. The third-order valence-corrected chi connectivity index (χ3v) is 6.69. The maximum atomic E-state index is 13.3. The third-order valence-electron chi connectivity index (χ3n) is 5.26. The van der Waals surface area contributed by atoms with Crippen molar-refractivity contribution in [2.45, 2.75) is 25.2 Å². The van der Waals surface area contributed by atoms with Gasteiger partial charge in [0.15, 0.2) is 5.78 Å². The van der Waals surface area contributed by atoms with E-state index in [1.54, 1.807) is 17.0 Å². The molecule has 170 valence electrons. The minimum absolute atomic E-state index is 0.0999.